The van der Waals surface area contributed by atoms with Crippen LogP contribution in [0, 0.1) is 11.7 Å². The van der Waals surface area contributed by atoms with Gasteiger partial charge >= 0.3 is 6.18 Å². The molecule has 1 aliphatic heterocycles. The molecule has 2 atom stereocenters. The Hall–Kier alpha value is -4.35. The Bertz CT molecular complexity index is 1360. The van der Waals surface area contributed by atoms with Crippen LogP contribution in [0.5, 0.6) is 0 Å². The van der Waals surface area contributed by atoms with Crippen molar-refractivity contribution in [3.05, 3.63) is 89.1 Å². The Kier molecular flexibility index (Phi) is 7.42. The first-order valence-corrected chi connectivity index (χ1v) is 11.7. The van der Waals surface area contributed by atoms with E-state index in [2.05, 4.69) is 20.4 Å². The van der Waals surface area contributed by atoms with Gasteiger partial charge in [-0.3, -0.25) is 9.59 Å². The van der Waals surface area contributed by atoms with Gasteiger partial charge in [0, 0.05) is 12.1 Å². The van der Waals surface area contributed by atoms with E-state index in [9.17, 15) is 27.2 Å². The number of rotatable bonds is 7. The predicted octanol–water partition coefficient (Wildman–Crippen LogP) is 3.88. The molecular formula is C26H24F4N6O2. The summed E-state index contributed by atoms with van der Waals surface area (Å²) >= 11 is 0. The number of amides is 2. The molecule has 12 heteroatoms. The number of carbonyl (C=O) groups is 2. The fraction of sp³-hybridized carbons (Fsp3) is 0.269. The first-order chi connectivity index (χ1) is 18.0. The van der Waals surface area contributed by atoms with E-state index in [-0.39, 0.29) is 18.0 Å². The molecule has 198 valence electrons. The van der Waals surface area contributed by atoms with Gasteiger partial charge in [0.25, 0.3) is 5.91 Å². The van der Waals surface area contributed by atoms with Gasteiger partial charge in [-0.2, -0.15) is 18.3 Å². The molecule has 3 aromatic rings. The zero-order chi connectivity index (χ0) is 27.6. The van der Waals surface area contributed by atoms with Crippen molar-refractivity contribution in [3.63, 3.8) is 0 Å². The SMILES string of the molecule is CC(C)C(NC(=O)c1cnc(C(F)(F)F)nc1N1C[C@H](c2ccccc2)C(c2ccc(F)cc2)=N1)C(N)=O. The van der Waals surface area contributed by atoms with Crippen LogP contribution in [-0.2, 0) is 11.0 Å². The lowest BCUT2D eigenvalue weighted by molar-refractivity contribution is -0.144. The highest BCUT2D eigenvalue weighted by Gasteiger charge is 2.39. The van der Waals surface area contributed by atoms with Gasteiger partial charge in [-0.25, -0.2) is 19.4 Å². The summed E-state index contributed by atoms with van der Waals surface area (Å²) in [5.41, 5.74) is 6.88. The molecule has 0 aliphatic carbocycles. The summed E-state index contributed by atoms with van der Waals surface area (Å²) in [5.74, 6) is -4.81. The number of nitrogens with one attached hydrogen (secondary N) is 1. The molecule has 0 spiro atoms. The second-order valence-corrected chi connectivity index (χ2v) is 9.06. The molecule has 0 bridgehead atoms. The summed E-state index contributed by atoms with van der Waals surface area (Å²) in [7, 11) is 0. The van der Waals surface area contributed by atoms with E-state index < -0.39 is 47.4 Å². The molecule has 3 N–H and O–H groups in total. The number of anilines is 1. The highest BCUT2D eigenvalue weighted by molar-refractivity contribution is 6.08. The van der Waals surface area contributed by atoms with Crippen LogP contribution < -0.4 is 16.1 Å². The van der Waals surface area contributed by atoms with Crippen LogP contribution in [0.15, 0.2) is 65.9 Å². The zero-order valence-electron chi connectivity index (χ0n) is 20.4. The normalized spacial score (nSPS) is 16.3. The van der Waals surface area contributed by atoms with Crippen molar-refractivity contribution in [2.24, 2.45) is 16.8 Å². The van der Waals surface area contributed by atoms with Gasteiger partial charge in [0.1, 0.15) is 17.4 Å². The van der Waals surface area contributed by atoms with E-state index in [0.717, 1.165) is 11.8 Å². The van der Waals surface area contributed by atoms with Crippen LogP contribution in [0.2, 0.25) is 0 Å². The largest absolute Gasteiger partial charge is 0.451 e. The summed E-state index contributed by atoms with van der Waals surface area (Å²) in [6.07, 6.45) is -4.14. The Morgan fingerprint density at radius 3 is 2.32 bits per heavy atom. The number of hydrogen-bond acceptors (Lipinski definition) is 6. The third-order valence-electron chi connectivity index (χ3n) is 6.03. The fourth-order valence-corrected chi connectivity index (χ4v) is 4.11. The van der Waals surface area contributed by atoms with E-state index >= 15 is 0 Å². The highest BCUT2D eigenvalue weighted by atomic mass is 19.4. The molecule has 4 rings (SSSR count). The zero-order valence-corrected chi connectivity index (χ0v) is 20.4. The van der Waals surface area contributed by atoms with Gasteiger partial charge in [-0.15, -0.1) is 0 Å². The molecular weight excluding hydrogens is 504 g/mol. The van der Waals surface area contributed by atoms with Crippen molar-refractivity contribution in [2.45, 2.75) is 32.0 Å². The smallest absolute Gasteiger partial charge is 0.368 e. The van der Waals surface area contributed by atoms with E-state index in [1.54, 1.807) is 13.8 Å². The maximum atomic E-state index is 13.6. The first-order valence-electron chi connectivity index (χ1n) is 11.7. The van der Waals surface area contributed by atoms with Gasteiger partial charge in [-0.05, 0) is 29.2 Å². The molecule has 2 amide bonds. The van der Waals surface area contributed by atoms with Crippen LogP contribution in [0.3, 0.4) is 0 Å². The number of alkyl halides is 3. The Morgan fingerprint density at radius 1 is 1.08 bits per heavy atom. The van der Waals surface area contributed by atoms with Crippen molar-refractivity contribution in [1.29, 1.82) is 0 Å². The number of halogens is 4. The molecule has 38 heavy (non-hydrogen) atoms. The monoisotopic (exact) mass is 528 g/mol. The maximum absolute atomic E-state index is 13.6. The molecule has 8 nitrogen and oxygen atoms in total. The summed E-state index contributed by atoms with van der Waals surface area (Å²) in [5, 5.41) is 8.18. The van der Waals surface area contributed by atoms with Crippen molar-refractivity contribution in [1.82, 2.24) is 15.3 Å². The van der Waals surface area contributed by atoms with Crippen LogP contribution in [0.25, 0.3) is 0 Å². The van der Waals surface area contributed by atoms with Gasteiger partial charge in [0.05, 0.1) is 12.3 Å². The third kappa shape index (κ3) is 5.63. The van der Waals surface area contributed by atoms with Crippen molar-refractivity contribution < 1.29 is 27.2 Å². The molecule has 2 heterocycles. The van der Waals surface area contributed by atoms with Gasteiger partial charge in [-0.1, -0.05) is 56.3 Å². The topological polar surface area (TPSA) is 114 Å². The summed E-state index contributed by atoms with van der Waals surface area (Å²) in [4.78, 5) is 32.0. The van der Waals surface area contributed by atoms with E-state index in [1.165, 1.54) is 29.3 Å². The number of carbonyl (C=O) groups excluding carboxylic acids is 2. The maximum Gasteiger partial charge on any atom is 0.451 e. The van der Waals surface area contributed by atoms with Crippen LogP contribution in [0.4, 0.5) is 23.4 Å². The minimum Gasteiger partial charge on any atom is -0.368 e. The summed E-state index contributed by atoms with van der Waals surface area (Å²) in [6, 6.07) is 13.6. The van der Waals surface area contributed by atoms with E-state index in [4.69, 9.17) is 5.73 Å². The summed E-state index contributed by atoms with van der Waals surface area (Å²) in [6.45, 7) is 3.35. The van der Waals surface area contributed by atoms with Crippen molar-refractivity contribution in [3.8, 4) is 0 Å². The van der Waals surface area contributed by atoms with Crippen molar-refractivity contribution in [2.75, 3.05) is 11.6 Å². The lowest BCUT2D eigenvalue weighted by atomic mass is 9.90. The van der Waals surface area contributed by atoms with Gasteiger partial charge in [0.2, 0.25) is 11.7 Å². The number of aromatic nitrogens is 2. The standard InChI is InChI=1S/C26H24F4N6O2/c1-14(2)20(22(31)37)33-24(38)18-12-32-25(26(28,29)30)34-23(18)36-13-19(15-6-4-3-5-7-15)21(35-36)16-8-10-17(27)11-9-16/h3-12,14,19-20H,13H2,1-2H3,(H2,31,37)(H,33,38)/t19-,20?/m1/s1. The molecule has 1 aliphatic rings. The van der Waals surface area contributed by atoms with E-state index in [0.29, 0.717) is 11.3 Å². The number of nitrogens with two attached hydrogens (primary N) is 1. The lowest BCUT2D eigenvalue weighted by Gasteiger charge is -2.22. The van der Waals surface area contributed by atoms with Gasteiger partial charge < -0.3 is 11.1 Å². The lowest BCUT2D eigenvalue weighted by Crippen LogP contribution is -2.48. The second-order valence-electron chi connectivity index (χ2n) is 9.06. The fourth-order valence-electron chi connectivity index (χ4n) is 4.11. The molecule has 0 radical (unpaired) electrons. The first kappa shape index (κ1) is 26.7. The molecule has 1 unspecified atom stereocenters. The highest BCUT2D eigenvalue weighted by Crippen LogP contribution is 2.34. The number of nitrogens with zero attached hydrogens (tertiary/aromatic N) is 4. The average molecular weight is 529 g/mol. The van der Waals surface area contributed by atoms with Crippen LogP contribution in [0.1, 0.15) is 47.1 Å². The Morgan fingerprint density at radius 2 is 1.74 bits per heavy atom. The van der Waals surface area contributed by atoms with Crippen LogP contribution in [-0.4, -0.2) is 40.1 Å². The number of primary amides is 1. The molecule has 2 aromatic carbocycles. The second kappa shape index (κ2) is 10.6. The molecule has 0 saturated heterocycles. The number of hydrazone groups is 1. The average Bonchev–Trinajstić information content (AvgIpc) is 3.32. The quantitative estimate of drug-likeness (QED) is 0.452. The minimum absolute atomic E-state index is 0.0365. The number of benzene rings is 2. The van der Waals surface area contributed by atoms with Crippen molar-refractivity contribution >= 4 is 23.3 Å². The Labute approximate surface area is 215 Å². The predicted molar refractivity (Wildman–Crippen MR) is 132 cm³/mol. The Balaban J connectivity index is 1.82. The van der Waals surface area contributed by atoms with Gasteiger partial charge in [0.15, 0.2) is 5.82 Å². The van der Waals surface area contributed by atoms with E-state index in [1.807, 2.05) is 30.3 Å². The molecule has 0 saturated carbocycles. The number of hydrogen-bond donors (Lipinski definition) is 2. The van der Waals surface area contributed by atoms with Crippen LogP contribution >= 0.6 is 0 Å². The molecule has 0 fully saturated rings. The summed E-state index contributed by atoms with van der Waals surface area (Å²) < 4.78 is 54.3. The third-order valence-corrected chi connectivity index (χ3v) is 6.03. The molecule has 1 aromatic heterocycles. The minimum atomic E-state index is -4.89.